The molecule has 2 aliphatic carbocycles. The topological polar surface area (TPSA) is 75.3 Å². The van der Waals surface area contributed by atoms with Crippen LogP contribution in [0.2, 0.25) is 0 Å². The number of amides is 1. The summed E-state index contributed by atoms with van der Waals surface area (Å²) in [7, 11) is -3.87. The highest BCUT2D eigenvalue weighted by molar-refractivity contribution is 7.92. The van der Waals surface area contributed by atoms with Crippen molar-refractivity contribution in [2.75, 3.05) is 4.72 Å². The second kappa shape index (κ2) is 6.96. The molecule has 0 spiro atoms. The third-order valence-electron chi connectivity index (χ3n) is 5.56. The number of hydrogen-bond donors (Lipinski definition) is 2. The van der Waals surface area contributed by atoms with Crippen molar-refractivity contribution in [2.45, 2.75) is 36.6 Å². The highest BCUT2D eigenvalue weighted by Gasteiger charge is 2.40. The normalized spacial score (nSPS) is 24.0. The smallest absolute Gasteiger partial charge is 0.261 e. The standard InChI is InChI=1S/C20H21FN2O3S/c21-16-6-8-17(9-7-16)23-27(25,26)18-3-1-2-15(12-18)20(24)22-19-11-13-4-5-14(19)10-13/h1-3,6-9,12-14,19,23H,4-5,10-11H2,(H,22,24)/t13-,14+,19-/m0/s1. The maximum Gasteiger partial charge on any atom is 0.261 e. The lowest BCUT2D eigenvalue weighted by molar-refractivity contribution is 0.0922. The van der Waals surface area contributed by atoms with Crippen molar-refractivity contribution < 1.29 is 17.6 Å². The first-order chi connectivity index (χ1) is 12.9. The molecule has 0 aromatic heterocycles. The van der Waals surface area contributed by atoms with Crippen LogP contribution < -0.4 is 10.0 Å². The Balaban J connectivity index is 1.49. The van der Waals surface area contributed by atoms with Crippen LogP contribution in [0.1, 0.15) is 36.0 Å². The molecule has 2 aromatic carbocycles. The van der Waals surface area contributed by atoms with Gasteiger partial charge in [-0.2, -0.15) is 0 Å². The minimum Gasteiger partial charge on any atom is -0.349 e. The Labute approximate surface area is 158 Å². The Hall–Kier alpha value is -2.41. The van der Waals surface area contributed by atoms with Gasteiger partial charge in [-0.15, -0.1) is 0 Å². The van der Waals surface area contributed by atoms with E-state index in [2.05, 4.69) is 10.0 Å². The van der Waals surface area contributed by atoms with Gasteiger partial charge >= 0.3 is 0 Å². The fourth-order valence-corrected chi connectivity index (χ4v) is 5.31. The number of carbonyl (C=O) groups excluding carboxylic acids is 1. The fourth-order valence-electron chi connectivity index (χ4n) is 4.21. The van der Waals surface area contributed by atoms with Crippen LogP contribution in [0, 0.1) is 17.7 Å². The summed E-state index contributed by atoms with van der Waals surface area (Å²) in [5.74, 6) is 0.571. The Morgan fingerprint density at radius 2 is 1.81 bits per heavy atom. The third kappa shape index (κ3) is 3.83. The molecule has 2 bridgehead atoms. The van der Waals surface area contributed by atoms with Gasteiger partial charge in [0.05, 0.1) is 4.90 Å². The number of anilines is 1. The van der Waals surface area contributed by atoms with E-state index in [0.29, 0.717) is 17.4 Å². The first kappa shape index (κ1) is 18.0. The maximum atomic E-state index is 13.0. The number of hydrogen-bond acceptors (Lipinski definition) is 3. The summed E-state index contributed by atoms with van der Waals surface area (Å²) in [6.07, 6.45) is 4.60. The summed E-state index contributed by atoms with van der Waals surface area (Å²) in [5.41, 5.74) is 0.577. The summed E-state index contributed by atoms with van der Waals surface area (Å²) in [4.78, 5) is 12.6. The summed E-state index contributed by atoms with van der Waals surface area (Å²) in [6, 6.07) is 11.2. The molecule has 5 nitrogen and oxygen atoms in total. The number of benzene rings is 2. The molecule has 27 heavy (non-hydrogen) atoms. The lowest BCUT2D eigenvalue weighted by Gasteiger charge is -2.23. The van der Waals surface area contributed by atoms with E-state index in [1.54, 1.807) is 12.1 Å². The molecule has 2 aliphatic rings. The highest BCUT2D eigenvalue weighted by Crippen LogP contribution is 2.44. The van der Waals surface area contributed by atoms with Crippen LogP contribution in [0.25, 0.3) is 0 Å². The van der Waals surface area contributed by atoms with Crippen LogP contribution in [0.3, 0.4) is 0 Å². The number of nitrogens with one attached hydrogen (secondary N) is 2. The number of rotatable bonds is 5. The molecule has 0 radical (unpaired) electrons. The summed E-state index contributed by atoms with van der Waals surface area (Å²) < 4.78 is 40.5. The van der Waals surface area contributed by atoms with E-state index < -0.39 is 15.8 Å². The molecule has 7 heteroatoms. The average Bonchev–Trinajstić information content (AvgIpc) is 3.27. The Morgan fingerprint density at radius 1 is 1.04 bits per heavy atom. The zero-order chi connectivity index (χ0) is 19.0. The molecule has 1 amide bonds. The summed E-state index contributed by atoms with van der Waals surface area (Å²) >= 11 is 0. The van der Waals surface area contributed by atoms with Gasteiger partial charge in [0, 0.05) is 17.3 Å². The van der Waals surface area contributed by atoms with Gasteiger partial charge in [-0.25, -0.2) is 12.8 Å². The highest BCUT2D eigenvalue weighted by atomic mass is 32.2. The van der Waals surface area contributed by atoms with Crippen molar-refractivity contribution in [1.29, 1.82) is 0 Å². The second-order valence-corrected chi connectivity index (χ2v) is 9.08. The first-order valence-electron chi connectivity index (χ1n) is 9.10. The van der Waals surface area contributed by atoms with Crippen molar-refractivity contribution in [2.24, 2.45) is 11.8 Å². The van der Waals surface area contributed by atoms with E-state index in [9.17, 15) is 17.6 Å². The van der Waals surface area contributed by atoms with Crippen molar-refractivity contribution in [3.63, 3.8) is 0 Å². The molecule has 0 unspecified atom stereocenters. The molecule has 2 N–H and O–H groups in total. The molecule has 2 aromatic rings. The minimum absolute atomic E-state index is 0.00702. The van der Waals surface area contributed by atoms with Crippen LogP contribution >= 0.6 is 0 Å². The Bertz CT molecular complexity index is 959. The molecule has 4 rings (SSSR count). The SMILES string of the molecule is O=C(N[C@H]1C[C@H]2CC[C@@H]1C2)c1cccc(S(=O)(=O)Nc2ccc(F)cc2)c1. The quantitative estimate of drug-likeness (QED) is 0.823. The molecular weight excluding hydrogens is 367 g/mol. The molecular formula is C20H21FN2O3S. The molecule has 2 saturated carbocycles. The van der Waals surface area contributed by atoms with Crippen molar-refractivity contribution in [3.8, 4) is 0 Å². The van der Waals surface area contributed by atoms with Gasteiger partial charge in [0.25, 0.3) is 15.9 Å². The van der Waals surface area contributed by atoms with E-state index in [1.165, 1.54) is 49.2 Å². The fraction of sp³-hybridized carbons (Fsp3) is 0.350. The van der Waals surface area contributed by atoms with E-state index in [-0.39, 0.29) is 22.5 Å². The zero-order valence-electron chi connectivity index (χ0n) is 14.7. The lowest BCUT2D eigenvalue weighted by Crippen LogP contribution is -2.38. The molecule has 0 aliphatic heterocycles. The molecule has 142 valence electrons. The predicted octanol–water partition coefficient (Wildman–Crippen LogP) is 3.54. The lowest BCUT2D eigenvalue weighted by atomic mass is 9.95. The van der Waals surface area contributed by atoms with Crippen molar-refractivity contribution >= 4 is 21.6 Å². The van der Waals surface area contributed by atoms with E-state index in [4.69, 9.17) is 0 Å². The van der Waals surface area contributed by atoms with E-state index >= 15 is 0 Å². The van der Waals surface area contributed by atoms with E-state index in [0.717, 1.165) is 12.8 Å². The molecule has 3 atom stereocenters. The first-order valence-corrected chi connectivity index (χ1v) is 10.6. The van der Waals surface area contributed by atoms with Crippen LogP contribution in [-0.2, 0) is 10.0 Å². The van der Waals surface area contributed by atoms with Crippen LogP contribution in [0.15, 0.2) is 53.4 Å². The van der Waals surface area contributed by atoms with Gasteiger partial charge in [0.15, 0.2) is 0 Å². The summed E-state index contributed by atoms with van der Waals surface area (Å²) in [6.45, 7) is 0. The van der Waals surface area contributed by atoms with Crippen molar-refractivity contribution in [1.82, 2.24) is 5.32 Å². The zero-order valence-corrected chi connectivity index (χ0v) is 15.5. The molecule has 2 fully saturated rings. The average molecular weight is 388 g/mol. The monoisotopic (exact) mass is 388 g/mol. The maximum absolute atomic E-state index is 13.0. The molecule has 0 saturated heterocycles. The number of carbonyl (C=O) groups is 1. The van der Waals surface area contributed by atoms with Gasteiger partial charge in [0.2, 0.25) is 0 Å². The summed E-state index contributed by atoms with van der Waals surface area (Å²) in [5, 5.41) is 3.07. The Morgan fingerprint density at radius 3 is 2.48 bits per heavy atom. The van der Waals surface area contributed by atoms with Gasteiger partial charge in [-0.1, -0.05) is 12.5 Å². The van der Waals surface area contributed by atoms with E-state index in [1.807, 2.05) is 0 Å². The second-order valence-electron chi connectivity index (χ2n) is 7.40. The minimum atomic E-state index is -3.87. The predicted molar refractivity (Wildman–Crippen MR) is 100 cm³/mol. The van der Waals surface area contributed by atoms with Crippen molar-refractivity contribution in [3.05, 3.63) is 59.9 Å². The number of sulfonamides is 1. The number of halogens is 1. The van der Waals surface area contributed by atoms with Crippen LogP contribution in [-0.4, -0.2) is 20.4 Å². The van der Waals surface area contributed by atoms with Gasteiger partial charge in [0.1, 0.15) is 5.82 Å². The van der Waals surface area contributed by atoms with Gasteiger partial charge in [-0.3, -0.25) is 9.52 Å². The third-order valence-corrected chi connectivity index (χ3v) is 6.94. The van der Waals surface area contributed by atoms with Crippen LogP contribution in [0.4, 0.5) is 10.1 Å². The Kier molecular flexibility index (Phi) is 4.63. The number of fused-ring (bicyclic) bond motifs is 2. The van der Waals surface area contributed by atoms with Crippen LogP contribution in [0.5, 0.6) is 0 Å². The largest absolute Gasteiger partial charge is 0.349 e. The van der Waals surface area contributed by atoms with Gasteiger partial charge in [-0.05, 0) is 73.6 Å². The molecule has 0 heterocycles. The van der Waals surface area contributed by atoms with Gasteiger partial charge < -0.3 is 5.32 Å².